The van der Waals surface area contributed by atoms with Gasteiger partial charge in [-0.2, -0.15) is 0 Å². The predicted molar refractivity (Wildman–Crippen MR) is 147 cm³/mol. The van der Waals surface area contributed by atoms with Gasteiger partial charge in [0.1, 0.15) is 11.6 Å². The average molecular weight is 534 g/mol. The van der Waals surface area contributed by atoms with E-state index in [4.69, 9.17) is 4.74 Å². The Bertz CT molecular complexity index is 1230. The molecule has 2 fully saturated rings. The Morgan fingerprint density at radius 1 is 1.03 bits per heavy atom. The molecule has 9 nitrogen and oxygen atoms in total. The van der Waals surface area contributed by atoms with Gasteiger partial charge in [0.2, 0.25) is 5.91 Å². The minimum Gasteiger partial charge on any atom is -0.493 e. The number of rotatable bonds is 2. The van der Waals surface area contributed by atoms with Gasteiger partial charge in [0, 0.05) is 38.3 Å². The third-order valence-corrected chi connectivity index (χ3v) is 8.27. The van der Waals surface area contributed by atoms with Gasteiger partial charge < -0.3 is 20.3 Å². The van der Waals surface area contributed by atoms with Crippen LogP contribution in [-0.4, -0.2) is 65.4 Å². The number of benzene rings is 1. The Kier molecular flexibility index (Phi) is 8.14. The van der Waals surface area contributed by atoms with Crippen LogP contribution in [0.25, 0.3) is 0 Å². The van der Waals surface area contributed by atoms with Crippen LogP contribution in [0.5, 0.6) is 5.75 Å². The monoisotopic (exact) mass is 533 g/mol. The standard InChI is InChI=1S/C30H39N5O4/c1-20-6-9-23-25(18-20)39-17-5-14-32-29(38)30(10-3-4-13-31-27(23)36)11-15-35(16-12-30)28(37)24-19-33-26(22-7-8-22)34-21(24)2/h6,9,18-19,22H,3-5,7-8,10-17H2,1-2H3,(H,31,36)(H,32,38). The van der Waals surface area contributed by atoms with Gasteiger partial charge in [-0.05, 0) is 76.5 Å². The summed E-state index contributed by atoms with van der Waals surface area (Å²) in [6, 6.07) is 5.60. The van der Waals surface area contributed by atoms with Crippen molar-refractivity contribution < 1.29 is 19.1 Å². The van der Waals surface area contributed by atoms with Gasteiger partial charge in [-0.15, -0.1) is 0 Å². The molecule has 0 atom stereocenters. The van der Waals surface area contributed by atoms with Crippen molar-refractivity contribution in [2.75, 3.05) is 32.8 Å². The maximum atomic E-state index is 13.5. The number of amides is 3. The molecule has 1 spiro atoms. The van der Waals surface area contributed by atoms with Gasteiger partial charge in [-0.25, -0.2) is 9.97 Å². The highest BCUT2D eigenvalue weighted by Crippen LogP contribution is 2.39. The quantitative estimate of drug-likeness (QED) is 0.609. The molecule has 3 amide bonds. The first kappa shape index (κ1) is 27.1. The van der Waals surface area contributed by atoms with Crippen LogP contribution in [0.3, 0.4) is 0 Å². The molecule has 5 rings (SSSR count). The van der Waals surface area contributed by atoms with E-state index in [9.17, 15) is 14.4 Å². The number of aryl methyl sites for hydroxylation is 2. The highest BCUT2D eigenvalue weighted by Gasteiger charge is 2.42. The molecule has 0 unspecified atom stereocenters. The second-order valence-electron chi connectivity index (χ2n) is 11.2. The summed E-state index contributed by atoms with van der Waals surface area (Å²) in [5.74, 6) is 1.72. The SMILES string of the molecule is Cc1ccc2c(c1)OCCCNC(=O)C1(CCCCNC2=O)CCN(C(=O)c2cnc(C3CC3)nc2C)CC1. The van der Waals surface area contributed by atoms with E-state index in [-0.39, 0.29) is 17.7 Å². The number of likely N-dealkylation sites (tertiary alicyclic amines) is 1. The summed E-state index contributed by atoms with van der Waals surface area (Å²) in [6.45, 7) is 6.32. The van der Waals surface area contributed by atoms with Crippen LogP contribution >= 0.6 is 0 Å². The smallest absolute Gasteiger partial charge is 0.257 e. The van der Waals surface area contributed by atoms with Crippen LogP contribution in [0.1, 0.15) is 95.1 Å². The van der Waals surface area contributed by atoms with Crippen molar-refractivity contribution in [2.24, 2.45) is 5.41 Å². The Morgan fingerprint density at radius 3 is 2.54 bits per heavy atom. The maximum absolute atomic E-state index is 13.5. The number of fused-ring (bicyclic) bond motifs is 1. The van der Waals surface area contributed by atoms with E-state index >= 15 is 0 Å². The zero-order chi connectivity index (χ0) is 27.4. The summed E-state index contributed by atoms with van der Waals surface area (Å²) < 4.78 is 5.94. The number of nitrogens with one attached hydrogen (secondary N) is 2. The number of carbonyl (C=O) groups excluding carboxylic acids is 3. The van der Waals surface area contributed by atoms with E-state index in [0.29, 0.717) is 74.8 Å². The molecule has 3 aliphatic rings. The van der Waals surface area contributed by atoms with Crippen molar-refractivity contribution in [3.8, 4) is 5.75 Å². The highest BCUT2D eigenvalue weighted by molar-refractivity contribution is 5.97. The minimum absolute atomic E-state index is 0.0538. The van der Waals surface area contributed by atoms with E-state index in [2.05, 4.69) is 20.6 Å². The van der Waals surface area contributed by atoms with Gasteiger partial charge in [-0.3, -0.25) is 14.4 Å². The first-order chi connectivity index (χ1) is 18.9. The third-order valence-electron chi connectivity index (χ3n) is 8.27. The second-order valence-corrected chi connectivity index (χ2v) is 11.2. The van der Waals surface area contributed by atoms with Crippen LogP contribution in [0.4, 0.5) is 0 Å². The van der Waals surface area contributed by atoms with Crippen LogP contribution in [0.15, 0.2) is 24.4 Å². The Labute approximate surface area is 230 Å². The zero-order valence-corrected chi connectivity index (χ0v) is 23.1. The molecule has 1 saturated carbocycles. The van der Waals surface area contributed by atoms with Crippen LogP contribution < -0.4 is 15.4 Å². The summed E-state index contributed by atoms with van der Waals surface area (Å²) in [4.78, 5) is 50.5. The lowest BCUT2D eigenvalue weighted by molar-refractivity contribution is -0.134. The molecule has 208 valence electrons. The minimum atomic E-state index is -0.525. The fourth-order valence-electron chi connectivity index (χ4n) is 5.60. The van der Waals surface area contributed by atoms with Crippen molar-refractivity contribution in [2.45, 2.75) is 71.1 Å². The molecule has 9 heteroatoms. The maximum Gasteiger partial charge on any atom is 0.257 e. The number of piperidine rings is 1. The molecule has 2 aliphatic heterocycles. The normalized spacial score (nSPS) is 20.6. The lowest BCUT2D eigenvalue weighted by Crippen LogP contribution is -2.50. The van der Waals surface area contributed by atoms with E-state index in [1.807, 2.05) is 30.9 Å². The van der Waals surface area contributed by atoms with Crippen molar-refractivity contribution in [3.63, 3.8) is 0 Å². The van der Waals surface area contributed by atoms with E-state index in [1.54, 1.807) is 12.3 Å². The van der Waals surface area contributed by atoms with Crippen molar-refractivity contribution in [3.05, 3.63) is 52.6 Å². The fraction of sp³-hybridized carbons (Fsp3) is 0.567. The Hall–Kier alpha value is -3.49. The van der Waals surface area contributed by atoms with Crippen molar-refractivity contribution in [1.82, 2.24) is 25.5 Å². The van der Waals surface area contributed by atoms with E-state index in [1.165, 1.54) is 0 Å². The molecular formula is C30H39N5O4. The average Bonchev–Trinajstić information content (AvgIpc) is 3.78. The highest BCUT2D eigenvalue weighted by atomic mass is 16.5. The summed E-state index contributed by atoms with van der Waals surface area (Å²) in [6.07, 6.45) is 8.08. The first-order valence-electron chi connectivity index (χ1n) is 14.3. The molecule has 1 aliphatic carbocycles. The second kappa shape index (κ2) is 11.7. The molecule has 2 N–H and O–H groups in total. The Balaban J connectivity index is 1.22. The molecule has 1 aromatic heterocycles. The van der Waals surface area contributed by atoms with Crippen molar-refractivity contribution in [1.29, 1.82) is 0 Å². The zero-order valence-electron chi connectivity index (χ0n) is 23.1. The largest absolute Gasteiger partial charge is 0.493 e. The van der Waals surface area contributed by atoms with Gasteiger partial charge in [0.15, 0.2) is 0 Å². The predicted octanol–water partition coefficient (Wildman–Crippen LogP) is 3.69. The van der Waals surface area contributed by atoms with Gasteiger partial charge >= 0.3 is 0 Å². The summed E-state index contributed by atoms with van der Waals surface area (Å²) in [5.41, 5.74) is 2.32. The van der Waals surface area contributed by atoms with Gasteiger partial charge in [0.05, 0.1) is 28.8 Å². The van der Waals surface area contributed by atoms with Crippen LogP contribution in [0.2, 0.25) is 0 Å². The van der Waals surface area contributed by atoms with Crippen LogP contribution in [0, 0.1) is 19.3 Å². The van der Waals surface area contributed by atoms with Crippen molar-refractivity contribution >= 4 is 17.7 Å². The topological polar surface area (TPSA) is 114 Å². The number of hydrogen-bond acceptors (Lipinski definition) is 6. The summed E-state index contributed by atoms with van der Waals surface area (Å²) >= 11 is 0. The number of ether oxygens (including phenoxy) is 1. The lowest BCUT2D eigenvalue weighted by Gasteiger charge is -2.41. The number of carbonyl (C=O) groups is 3. The molecule has 1 saturated heterocycles. The molecule has 0 bridgehead atoms. The van der Waals surface area contributed by atoms with Gasteiger partial charge in [0.25, 0.3) is 11.8 Å². The first-order valence-corrected chi connectivity index (χ1v) is 14.3. The molecular weight excluding hydrogens is 494 g/mol. The number of hydrogen-bond donors (Lipinski definition) is 2. The van der Waals surface area contributed by atoms with E-state index < -0.39 is 5.41 Å². The summed E-state index contributed by atoms with van der Waals surface area (Å²) in [5, 5.41) is 6.15. The fourth-order valence-corrected chi connectivity index (χ4v) is 5.60. The number of nitrogens with zero attached hydrogens (tertiary/aromatic N) is 3. The molecule has 3 heterocycles. The Morgan fingerprint density at radius 2 is 1.79 bits per heavy atom. The molecule has 2 aromatic rings. The van der Waals surface area contributed by atoms with Gasteiger partial charge in [-0.1, -0.05) is 12.5 Å². The number of aromatic nitrogens is 2. The lowest BCUT2D eigenvalue weighted by atomic mass is 9.73. The molecule has 1 aromatic carbocycles. The molecule has 39 heavy (non-hydrogen) atoms. The third kappa shape index (κ3) is 6.23. The van der Waals surface area contributed by atoms with E-state index in [0.717, 1.165) is 49.2 Å². The molecule has 0 radical (unpaired) electrons. The summed E-state index contributed by atoms with van der Waals surface area (Å²) in [7, 11) is 0. The van der Waals surface area contributed by atoms with Crippen LogP contribution in [-0.2, 0) is 4.79 Å².